The van der Waals surface area contributed by atoms with Crippen LogP contribution < -0.4 is 5.73 Å². The van der Waals surface area contributed by atoms with Crippen molar-refractivity contribution in [3.05, 3.63) is 16.7 Å². The molecule has 8 heteroatoms. The Morgan fingerprint density at radius 3 is 3.17 bits per heavy atom. The molecular weight excluding hydrogens is 254 g/mol. The zero-order valence-electron chi connectivity index (χ0n) is 9.81. The van der Waals surface area contributed by atoms with Crippen molar-refractivity contribution in [1.82, 2.24) is 19.7 Å². The first kappa shape index (κ1) is 12.7. The van der Waals surface area contributed by atoms with Gasteiger partial charge in [-0.05, 0) is 6.92 Å². The van der Waals surface area contributed by atoms with E-state index in [2.05, 4.69) is 19.8 Å². The highest BCUT2D eigenvalue weighted by Crippen LogP contribution is 2.28. The van der Waals surface area contributed by atoms with E-state index in [0.29, 0.717) is 24.5 Å². The van der Waals surface area contributed by atoms with E-state index in [1.807, 2.05) is 6.92 Å². The molecule has 0 aliphatic rings. The van der Waals surface area contributed by atoms with E-state index in [4.69, 9.17) is 5.73 Å². The number of carbonyl (C=O) groups excluding carboxylic acids is 1. The van der Waals surface area contributed by atoms with Gasteiger partial charge in [0.05, 0.1) is 16.4 Å². The molecule has 2 rings (SSSR count). The van der Waals surface area contributed by atoms with Gasteiger partial charge in [-0.25, -0.2) is 14.6 Å². The molecule has 0 aromatic carbocycles. The maximum atomic E-state index is 10.2. The summed E-state index contributed by atoms with van der Waals surface area (Å²) in [5.41, 5.74) is 8.34. The zero-order valence-corrected chi connectivity index (χ0v) is 10.6. The summed E-state index contributed by atoms with van der Waals surface area (Å²) in [7, 11) is 0. The van der Waals surface area contributed by atoms with Crippen LogP contribution >= 0.6 is 11.3 Å². The molecule has 2 aromatic heterocycles. The molecule has 0 bridgehead atoms. The fraction of sp³-hybridized carbons (Fsp3) is 0.400. The van der Waals surface area contributed by atoms with Crippen molar-refractivity contribution < 1.29 is 9.53 Å². The molecule has 0 saturated heterocycles. The highest BCUT2D eigenvalue weighted by Gasteiger charge is 2.19. The molecule has 0 radical (unpaired) electrons. The van der Waals surface area contributed by atoms with Crippen molar-refractivity contribution in [2.75, 3.05) is 6.61 Å². The molecule has 0 aliphatic carbocycles. The summed E-state index contributed by atoms with van der Waals surface area (Å²) in [6, 6.07) is -0.403. The van der Waals surface area contributed by atoms with E-state index < -0.39 is 6.04 Å². The van der Waals surface area contributed by atoms with Gasteiger partial charge in [-0.15, -0.1) is 11.3 Å². The number of aryl methyl sites for hydroxylation is 1. The zero-order chi connectivity index (χ0) is 13.0. The number of hydrogen-bond acceptors (Lipinski definition) is 7. The van der Waals surface area contributed by atoms with Crippen molar-refractivity contribution in [3.63, 3.8) is 0 Å². The van der Waals surface area contributed by atoms with Crippen LogP contribution in [0.25, 0.3) is 11.5 Å². The molecule has 7 nitrogen and oxygen atoms in total. The van der Waals surface area contributed by atoms with Crippen molar-refractivity contribution >= 4 is 17.8 Å². The van der Waals surface area contributed by atoms with E-state index in [1.54, 1.807) is 10.2 Å². The van der Waals surface area contributed by atoms with Gasteiger partial charge < -0.3 is 10.5 Å². The summed E-state index contributed by atoms with van der Waals surface area (Å²) in [5.74, 6) is 0.676. The lowest BCUT2D eigenvalue weighted by Crippen LogP contribution is -2.17. The fourth-order valence-electron chi connectivity index (χ4n) is 1.58. The normalized spacial score (nSPS) is 12.3. The Morgan fingerprint density at radius 1 is 1.61 bits per heavy atom. The highest BCUT2D eigenvalue weighted by molar-refractivity contribution is 7.10. The van der Waals surface area contributed by atoms with Crippen LogP contribution in [0.4, 0.5) is 0 Å². The van der Waals surface area contributed by atoms with Crippen molar-refractivity contribution in [2.45, 2.75) is 19.5 Å². The van der Waals surface area contributed by atoms with Crippen LogP contribution in [-0.2, 0) is 16.1 Å². The van der Waals surface area contributed by atoms with Crippen molar-refractivity contribution in [2.24, 2.45) is 5.73 Å². The molecule has 0 amide bonds. The summed E-state index contributed by atoms with van der Waals surface area (Å²) in [5, 5.41) is 4.10. The molecule has 1 unspecified atom stereocenters. The van der Waals surface area contributed by atoms with E-state index in [-0.39, 0.29) is 6.61 Å². The average molecular weight is 267 g/mol. The van der Waals surface area contributed by atoms with Crippen LogP contribution in [-0.4, -0.2) is 32.8 Å². The molecule has 2 aromatic rings. The lowest BCUT2D eigenvalue weighted by atomic mass is 10.2. The van der Waals surface area contributed by atoms with E-state index in [1.165, 1.54) is 17.7 Å². The van der Waals surface area contributed by atoms with Crippen LogP contribution in [0, 0.1) is 0 Å². The molecule has 2 heterocycles. The van der Waals surface area contributed by atoms with Crippen LogP contribution in [0.5, 0.6) is 0 Å². The Kier molecular flexibility index (Phi) is 4.00. The van der Waals surface area contributed by atoms with Gasteiger partial charge in [-0.2, -0.15) is 5.10 Å². The third-order valence-electron chi connectivity index (χ3n) is 2.40. The molecule has 2 N–H and O–H groups in total. The number of rotatable bonds is 6. The third kappa shape index (κ3) is 2.39. The number of ether oxygens (including phenoxy) is 1. The predicted molar refractivity (Wildman–Crippen MR) is 65.7 cm³/mol. The molecule has 1 atom stereocenters. The molecule has 0 spiro atoms. The maximum absolute atomic E-state index is 10.2. The number of aromatic nitrogens is 4. The number of nitrogens with two attached hydrogens (primary N) is 1. The Morgan fingerprint density at radius 2 is 2.44 bits per heavy atom. The van der Waals surface area contributed by atoms with E-state index >= 15 is 0 Å². The van der Waals surface area contributed by atoms with Gasteiger partial charge in [0, 0.05) is 6.54 Å². The minimum Gasteiger partial charge on any atom is -0.466 e. The summed E-state index contributed by atoms with van der Waals surface area (Å²) in [6.45, 7) is 3.18. The molecule has 0 aliphatic heterocycles. The van der Waals surface area contributed by atoms with Crippen LogP contribution in [0.15, 0.2) is 11.8 Å². The van der Waals surface area contributed by atoms with Crippen molar-refractivity contribution in [1.29, 1.82) is 0 Å². The van der Waals surface area contributed by atoms with Crippen LogP contribution in [0.3, 0.4) is 0 Å². The predicted octanol–water partition coefficient (Wildman–Crippen LogP) is 0.594. The second-order valence-corrected chi connectivity index (χ2v) is 4.39. The number of thiazole rings is 1. The summed E-state index contributed by atoms with van der Waals surface area (Å²) >= 11 is 1.41. The maximum Gasteiger partial charge on any atom is 0.293 e. The first-order valence-electron chi connectivity index (χ1n) is 5.40. The smallest absolute Gasteiger partial charge is 0.293 e. The molecule has 0 fully saturated rings. The Labute approximate surface area is 108 Å². The number of nitrogens with zero attached hydrogens (tertiary/aromatic N) is 4. The monoisotopic (exact) mass is 267 g/mol. The lowest BCUT2D eigenvalue weighted by Gasteiger charge is -2.10. The fourth-order valence-corrected chi connectivity index (χ4v) is 2.35. The minimum atomic E-state index is -0.403. The highest BCUT2D eigenvalue weighted by atomic mass is 32.1. The van der Waals surface area contributed by atoms with Crippen LogP contribution in [0.1, 0.15) is 17.8 Å². The summed E-state index contributed by atoms with van der Waals surface area (Å²) < 4.78 is 6.42. The summed E-state index contributed by atoms with van der Waals surface area (Å²) in [4.78, 5) is 19.5. The largest absolute Gasteiger partial charge is 0.466 e. The lowest BCUT2D eigenvalue weighted by molar-refractivity contribution is -0.129. The quantitative estimate of drug-likeness (QED) is 0.770. The van der Waals surface area contributed by atoms with Gasteiger partial charge >= 0.3 is 0 Å². The second-order valence-electron chi connectivity index (χ2n) is 3.50. The molecular formula is C10H13N5O2S. The molecule has 18 heavy (non-hydrogen) atoms. The average Bonchev–Trinajstić information content (AvgIpc) is 3.02. The number of carbonyl (C=O) groups is 1. The minimum absolute atomic E-state index is 0.124. The van der Waals surface area contributed by atoms with Gasteiger partial charge in [0.25, 0.3) is 6.47 Å². The SMILES string of the molecule is CCn1ncnc1-c1ncsc1C(N)COC=O. The molecule has 0 saturated carbocycles. The van der Waals surface area contributed by atoms with Gasteiger partial charge in [0.15, 0.2) is 5.82 Å². The Balaban J connectivity index is 2.30. The van der Waals surface area contributed by atoms with Gasteiger partial charge in [-0.1, -0.05) is 0 Å². The number of hydrogen-bond donors (Lipinski definition) is 1. The van der Waals surface area contributed by atoms with Gasteiger partial charge in [0.2, 0.25) is 0 Å². The first-order valence-corrected chi connectivity index (χ1v) is 6.28. The standard InChI is InChI=1S/C10H13N5O2S/c1-2-15-10(12-4-14-15)8-9(18-5-13-8)7(11)3-17-6-16/h4-7H,2-3,11H2,1H3. The summed E-state index contributed by atoms with van der Waals surface area (Å²) in [6.07, 6.45) is 1.48. The Bertz CT molecular complexity index is 524. The van der Waals surface area contributed by atoms with E-state index in [0.717, 1.165) is 4.88 Å². The van der Waals surface area contributed by atoms with Gasteiger partial charge in [0.1, 0.15) is 18.6 Å². The second kappa shape index (κ2) is 5.69. The Hall–Kier alpha value is -1.80. The van der Waals surface area contributed by atoms with Gasteiger partial charge in [-0.3, -0.25) is 4.79 Å². The van der Waals surface area contributed by atoms with Crippen molar-refractivity contribution in [3.8, 4) is 11.5 Å². The van der Waals surface area contributed by atoms with E-state index in [9.17, 15) is 4.79 Å². The topological polar surface area (TPSA) is 95.9 Å². The first-order chi connectivity index (χ1) is 8.77. The third-order valence-corrected chi connectivity index (χ3v) is 3.36. The van der Waals surface area contributed by atoms with Crippen LogP contribution in [0.2, 0.25) is 0 Å². The molecule has 96 valence electrons.